The van der Waals surface area contributed by atoms with Crippen LogP contribution in [0.4, 0.5) is 0 Å². The predicted octanol–water partition coefficient (Wildman–Crippen LogP) is 3.17. The Balaban J connectivity index is 2.50. The zero-order chi connectivity index (χ0) is 14.5. The van der Waals surface area contributed by atoms with Gasteiger partial charge in [-0.05, 0) is 36.4 Å². The van der Waals surface area contributed by atoms with E-state index in [1.165, 1.54) is 0 Å². The molecule has 0 aliphatic carbocycles. The average molecular weight is 337 g/mol. The summed E-state index contributed by atoms with van der Waals surface area (Å²) in [6, 6.07) is 7.87. The van der Waals surface area contributed by atoms with Crippen molar-refractivity contribution >= 4 is 15.9 Å². The van der Waals surface area contributed by atoms with Gasteiger partial charge in [0.2, 0.25) is 0 Å². The third-order valence-electron chi connectivity index (χ3n) is 3.12. The van der Waals surface area contributed by atoms with Gasteiger partial charge in [0.05, 0.1) is 20.3 Å². The summed E-state index contributed by atoms with van der Waals surface area (Å²) in [4.78, 5) is 4.17. The molecule has 4 nitrogen and oxygen atoms in total. The summed E-state index contributed by atoms with van der Waals surface area (Å²) >= 11 is 3.59. The molecule has 0 bridgehead atoms. The summed E-state index contributed by atoms with van der Waals surface area (Å²) in [5.74, 6) is 1.40. The third kappa shape index (κ3) is 2.94. The van der Waals surface area contributed by atoms with E-state index >= 15 is 0 Å². The molecule has 1 aromatic carbocycles. The Morgan fingerprint density at radius 1 is 1.20 bits per heavy atom. The summed E-state index contributed by atoms with van der Waals surface area (Å²) in [7, 11) is 5.18. The van der Waals surface area contributed by atoms with E-state index in [0.717, 1.165) is 15.6 Å². The van der Waals surface area contributed by atoms with E-state index in [9.17, 15) is 0 Å². The number of ether oxygens (including phenoxy) is 2. The fourth-order valence-corrected chi connectivity index (χ4v) is 2.69. The van der Waals surface area contributed by atoms with Crippen molar-refractivity contribution in [3.63, 3.8) is 0 Å². The standard InChI is InChI=1S/C15H17BrN2O2/c1-17-15(10-5-4-6-18-9-10)11-7-13(19-2)14(20-3)8-12(11)16/h4-9,15,17H,1-3H3. The molecule has 0 saturated carbocycles. The van der Waals surface area contributed by atoms with E-state index in [0.29, 0.717) is 11.5 Å². The maximum Gasteiger partial charge on any atom is 0.161 e. The number of benzene rings is 1. The predicted molar refractivity (Wildman–Crippen MR) is 82.4 cm³/mol. The Morgan fingerprint density at radius 2 is 1.90 bits per heavy atom. The SMILES string of the molecule is CNC(c1cccnc1)c1cc(OC)c(OC)cc1Br. The minimum atomic E-state index is 0.0258. The Labute approximate surface area is 127 Å². The Bertz CT molecular complexity index is 576. The van der Waals surface area contributed by atoms with Crippen LogP contribution in [0.25, 0.3) is 0 Å². The minimum Gasteiger partial charge on any atom is -0.493 e. The van der Waals surface area contributed by atoms with Crippen molar-refractivity contribution in [2.75, 3.05) is 21.3 Å². The number of pyridine rings is 1. The molecule has 0 radical (unpaired) electrons. The van der Waals surface area contributed by atoms with Crippen LogP contribution >= 0.6 is 15.9 Å². The van der Waals surface area contributed by atoms with Crippen molar-refractivity contribution in [1.82, 2.24) is 10.3 Å². The fraction of sp³-hybridized carbons (Fsp3) is 0.267. The van der Waals surface area contributed by atoms with Gasteiger partial charge in [0.1, 0.15) is 0 Å². The van der Waals surface area contributed by atoms with Crippen LogP contribution < -0.4 is 14.8 Å². The van der Waals surface area contributed by atoms with Gasteiger partial charge in [0.15, 0.2) is 11.5 Å². The number of rotatable bonds is 5. The highest BCUT2D eigenvalue weighted by atomic mass is 79.9. The van der Waals surface area contributed by atoms with Crippen molar-refractivity contribution in [1.29, 1.82) is 0 Å². The van der Waals surface area contributed by atoms with E-state index < -0.39 is 0 Å². The van der Waals surface area contributed by atoms with E-state index in [-0.39, 0.29) is 6.04 Å². The quantitative estimate of drug-likeness (QED) is 0.910. The monoisotopic (exact) mass is 336 g/mol. The van der Waals surface area contributed by atoms with Gasteiger partial charge < -0.3 is 14.8 Å². The van der Waals surface area contributed by atoms with Crippen molar-refractivity contribution < 1.29 is 9.47 Å². The minimum absolute atomic E-state index is 0.0258. The molecular weight excluding hydrogens is 320 g/mol. The van der Waals surface area contributed by atoms with Gasteiger partial charge in [0.25, 0.3) is 0 Å². The molecule has 0 fully saturated rings. The highest BCUT2D eigenvalue weighted by Gasteiger charge is 2.18. The molecule has 20 heavy (non-hydrogen) atoms. The van der Waals surface area contributed by atoms with Gasteiger partial charge in [-0.1, -0.05) is 22.0 Å². The Hall–Kier alpha value is -1.59. The lowest BCUT2D eigenvalue weighted by Gasteiger charge is -2.20. The lowest BCUT2D eigenvalue weighted by Crippen LogP contribution is -2.18. The number of nitrogens with one attached hydrogen (secondary N) is 1. The van der Waals surface area contributed by atoms with Gasteiger partial charge in [0, 0.05) is 16.9 Å². The molecule has 5 heteroatoms. The van der Waals surface area contributed by atoms with E-state index in [1.807, 2.05) is 37.5 Å². The topological polar surface area (TPSA) is 43.4 Å². The molecule has 0 saturated heterocycles. The van der Waals surface area contributed by atoms with Crippen molar-refractivity contribution in [2.45, 2.75) is 6.04 Å². The normalized spacial score (nSPS) is 12.0. The smallest absolute Gasteiger partial charge is 0.161 e. The van der Waals surface area contributed by atoms with E-state index in [1.54, 1.807) is 20.4 Å². The molecule has 1 unspecified atom stereocenters. The molecule has 1 atom stereocenters. The van der Waals surface area contributed by atoms with Crippen LogP contribution in [0.15, 0.2) is 41.1 Å². The number of methoxy groups -OCH3 is 2. The average Bonchev–Trinajstić information content (AvgIpc) is 2.50. The molecule has 0 amide bonds. The molecule has 0 aliphatic rings. The molecule has 0 aliphatic heterocycles. The van der Waals surface area contributed by atoms with Gasteiger partial charge in [-0.25, -0.2) is 0 Å². The first-order chi connectivity index (χ1) is 9.71. The van der Waals surface area contributed by atoms with Crippen molar-refractivity contribution in [3.8, 4) is 11.5 Å². The highest BCUT2D eigenvalue weighted by molar-refractivity contribution is 9.10. The molecule has 2 rings (SSSR count). The summed E-state index contributed by atoms with van der Waals surface area (Å²) in [5, 5.41) is 3.30. The Morgan fingerprint density at radius 3 is 2.45 bits per heavy atom. The lowest BCUT2D eigenvalue weighted by molar-refractivity contribution is 0.354. The van der Waals surface area contributed by atoms with Crippen LogP contribution in [0, 0.1) is 0 Å². The number of nitrogens with zero attached hydrogens (tertiary/aromatic N) is 1. The second kappa shape index (κ2) is 6.72. The first-order valence-electron chi connectivity index (χ1n) is 6.19. The molecule has 1 aromatic heterocycles. The number of hydrogen-bond donors (Lipinski definition) is 1. The van der Waals surface area contributed by atoms with Crippen molar-refractivity contribution in [2.24, 2.45) is 0 Å². The van der Waals surface area contributed by atoms with Gasteiger partial charge in [-0.15, -0.1) is 0 Å². The summed E-state index contributed by atoms with van der Waals surface area (Å²) in [5.41, 5.74) is 2.15. The second-order valence-electron chi connectivity index (χ2n) is 4.24. The maximum atomic E-state index is 5.37. The molecule has 1 N–H and O–H groups in total. The highest BCUT2D eigenvalue weighted by Crippen LogP contribution is 2.37. The van der Waals surface area contributed by atoms with Gasteiger partial charge in [-0.2, -0.15) is 0 Å². The lowest BCUT2D eigenvalue weighted by atomic mass is 10.00. The van der Waals surface area contributed by atoms with Crippen LogP contribution in [0.1, 0.15) is 17.2 Å². The van der Waals surface area contributed by atoms with Crippen LogP contribution in [-0.2, 0) is 0 Å². The fourth-order valence-electron chi connectivity index (χ4n) is 2.14. The Kier molecular flexibility index (Phi) is 4.98. The summed E-state index contributed by atoms with van der Waals surface area (Å²) in [6.45, 7) is 0. The largest absolute Gasteiger partial charge is 0.493 e. The molecule has 2 aromatic rings. The van der Waals surface area contributed by atoms with Crippen LogP contribution in [0.5, 0.6) is 11.5 Å². The van der Waals surface area contributed by atoms with Crippen LogP contribution in [0.2, 0.25) is 0 Å². The van der Waals surface area contributed by atoms with Gasteiger partial charge >= 0.3 is 0 Å². The first kappa shape index (κ1) is 14.8. The van der Waals surface area contributed by atoms with Crippen LogP contribution in [-0.4, -0.2) is 26.3 Å². The first-order valence-corrected chi connectivity index (χ1v) is 6.99. The maximum absolute atomic E-state index is 5.37. The van der Waals surface area contributed by atoms with E-state index in [2.05, 4.69) is 26.2 Å². The van der Waals surface area contributed by atoms with Crippen LogP contribution in [0.3, 0.4) is 0 Å². The summed E-state index contributed by atoms with van der Waals surface area (Å²) in [6.07, 6.45) is 3.62. The van der Waals surface area contributed by atoms with Gasteiger partial charge in [-0.3, -0.25) is 4.98 Å². The zero-order valence-electron chi connectivity index (χ0n) is 11.7. The van der Waals surface area contributed by atoms with Crippen molar-refractivity contribution in [3.05, 3.63) is 52.3 Å². The molecular formula is C15H17BrN2O2. The zero-order valence-corrected chi connectivity index (χ0v) is 13.3. The molecule has 1 heterocycles. The number of halogens is 1. The van der Waals surface area contributed by atoms with E-state index in [4.69, 9.17) is 9.47 Å². The third-order valence-corrected chi connectivity index (χ3v) is 3.81. The molecule has 106 valence electrons. The summed E-state index contributed by atoms with van der Waals surface area (Å²) < 4.78 is 11.6. The second-order valence-corrected chi connectivity index (χ2v) is 5.09. The number of aromatic nitrogens is 1. The molecule has 0 spiro atoms. The number of hydrogen-bond acceptors (Lipinski definition) is 4.